The SMILES string of the molecule is CCCCCCCCCCCCCC[C@@H](CC(=O)O[C@H]1CN(C)[C@@H]([C@H](O[C@@H]2O[C@H](CN)[C@@H](O)[C@H]2OS(=O)(=O)[O-])[C@H]2O[C@@H](n3ccc(=O)[nH]c3=O)[C@H](O)[C@@H]2O)C(=O)N(C)[C@@H]1C(=O)O)OC(=O)C[C@H](C)CC(=O)O. The molecule has 26 nitrogen and oxygen atoms in total. The van der Waals surface area contributed by atoms with Crippen LogP contribution in [-0.2, 0) is 62.2 Å². The van der Waals surface area contributed by atoms with Crippen molar-refractivity contribution in [2.75, 3.05) is 27.2 Å². The van der Waals surface area contributed by atoms with E-state index >= 15 is 0 Å². The molecule has 27 heteroatoms. The maximum absolute atomic E-state index is 14.7. The second-order valence-electron chi connectivity index (χ2n) is 18.9. The maximum Gasteiger partial charge on any atom is 0.330 e. The molecule has 72 heavy (non-hydrogen) atoms. The highest BCUT2D eigenvalue weighted by atomic mass is 32.3. The first-order chi connectivity index (χ1) is 34.0. The van der Waals surface area contributed by atoms with Crippen LogP contribution >= 0.6 is 0 Å². The van der Waals surface area contributed by atoms with Gasteiger partial charge in [-0.25, -0.2) is 18.0 Å². The van der Waals surface area contributed by atoms with Gasteiger partial charge in [0.25, 0.3) is 5.56 Å². The Morgan fingerprint density at radius 3 is 2.04 bits per heavy atom. The lowest BCUT2D eigenvalue weighted by Gasteiger charge is -2.38. The van der Waals surface area contributed by atoms with Crippen molar-refractivity contribution in [3.63, 3.8) is 0 Å². The third-order valence-electron chi connectivity index (χ3n) is 13.0. The first-order valence-electron chi connectivity index (χ1n) is 24.4. The fourth-order valence-electron chi connectivity index (χ4n) is 9.35. The predicted octanol–water partition coefficient (Wildman–Crippen LogP) is -0.538. The minimum atomic E-state index is -5.62. The molecule has 410 valence electrons. The van der Waals surface area contributed by atoms with Gasteiger partial charge in [0.2, 0.25) is 16.3 Å². The van der Waals surface area contributed by atoms with Gasteiger partial charge in [-0.2, -0.15) is 0 Å². The Hall–Kier alpha value is -4.42. The second-order valence-corrected chi connectivity index (χ2v) is 19.9. The smallest absolute Gasteiger partial charge is 0.330 e. The molecule has 0 aromatic carbocycles. The van der Waals surface area contributed by atoms with Crippen molar-refractivity contribution in [1.82, 2.24) is 19.4 Å². The standard InChI is InChI=1S/C45H73N5O21S/c1-5-6-7-8-9-10-11-12-13-14-15-16-17-26(66-31(54)21-25(2)20-30(52)53)22-32(55)67-28-24-48(3)34(41(59)49(4)33(28)43(60)61)38(70-44-40(71-72(63,64)65)35(56)27(23-46)68-44)39-36(57)37(58)42(69-39)50-19-18-29(51)47-45(50)62/h18-19,25-28,33-40,42,44,56-58H,5-17,20-24,46H2,1-4H3,(H,52,53)(H,60,61)(H,47,51,62)(H,63,64,65)/p-1/t25-,26+,27-,28+,33+,34+,35-,36+,37-,38+,39+,40-,42-,44+/m1/s1. The first kappa shape index (κ1) is 60.1. The molecule has 0 unspecified atom stereocenters. The van der Waals surface area contributed by atoms with Crippen LogP contribution in [0, 0.1) is 5.92 Å². The number of aliphatic hydroxyl groups excluding tert-OH is 3. The lowest BCUT2D eigenvalue weighted by Crippen LogP contribution is -2.60. The molecule has 0 saturated carbocycles. The van der Waals surface area contributed by atoms with Gasteiger partial charge in [0, 0.05) is 45.2 Å². The van der Waals surface area contributed by atoms with Crippen LogP contribution in [0.2, 0.25) is 0 Å². The normalized spacial score (nSPS) is 28.3. The number of aromatic amines is 1. The van der Waals surface area contributed by atoms with Crippen LogP contribution in [-0.4, -0.2) is 188 Å². The number of unbranched alkanes of at least 4 members (excludes halogenated alkanes) is 11. The van der Waals surface area contributed by atoms with Gasteiger partial charge in [-0.3, -0.25) is 42.6 Å². The number of hydrogen-bond acceptors (Lipinski definition) is 21. The van der Waals surface area contributed by atoms with Gasteiger partial charge in [0.1, 0.15) is 54.9 Å². The number of aromatic nitrogens is 2. The van der Waals surface area contributed by atoms with Gasteiger partial charge in [-0.1, -0.05) is 84.5 Å². The first-order valence-corrected chi connectivity index (χ1v) is 25.8. The number of aliphatic carboxylic acids is 2. The van der Waals surface area contributed by atoms with E-state index in [-0.39, 0.29) is 19.3 Å². The van der Waals surface area contributed by atoms with Crippen LogP contribution in [0.3, 0.4) is 0 Å². The monoisotopic (exact) mass is 1050 g/mol. The van der Waals surface area contributed by atoms with Crippen molar-refractivity contribution in [2.45, 2.75) is 196 Å². The lowest BCUT2D eigenvalue weighted by molar-refractivity contribution is -0.230. The molecule has 3 aliphatic rings. The van der Waals surface area contributed by atoms with Gasteiger partial charge in [0.05, 0.1) is 6.42 Å². The van der Waals surface area contributed by atoms with Crippen LogP contribution in [0.25, 0.3) is 0 Å². The van der Waals surface area contributed by atoms with Crippen molar-refractivity contribution >= 4 is 40.2 Å². The molecule has 3 fully saturated rings. The Bertz CT molecular complexity index is 2180. The van der Waals surface area contributed by atoms with E-state index in [2.05, 4.69) is 11.1 Å². The van der Waals surface area contributed by atoms with Crippen molar-refractivity contribution in [2.24, 2.45) is 11.7 Å². The van der Waals surface area contributed by atoms with Gasteiger partial charge >= 0.3 is 29.6 Å². The average molecular weight is 1050 g/mol. The number of carboxylic acids is 2. The molecule has 0 bridgehead atoms. The maximum atomic E-state index is 14.7. The van der Waals surface area contributed by atoms with Crippen LogP contribution < -0.4 is 17.0 Å². The van der Waals surface area contributed by atoms with Crippen molar-refractivity contribution in [1.29, 1.82) is 0 Å². The fraction of sp³-hybridized carbons (Fsp3) is 0.800. The van der Waals surface area contributed by atoms with E-state index in [1.165, 1.54) is 39.2 Å². The molecular formula is C45H72N5O21S-. The summed E-state index contributed by atoms with van der Waals surface area (Å²) < 4.78 is 69.9. The number of H-pyrrole nitrogens is 1. The Labute approximate surface area is 417 Å². The topological polar surface area (TPSA) is 386 Å². The average Bonchev–Trinajstić information content (AvgIpc) is 3.70. The number of carbonyl (C=O) groups excluding carboxylic acids is 3. The quantitative estimate of drug-likeness (QED) is 0.0220. The third kappa shape index (κ3) is 17.3. The molecule has 4 heterocycles. The number of amides is 1. The van der Waals surface area contributed by atoms with E-state index in [0.29, 0.717) is 15.9 Å². The number of ether oxygens (including phenoxy) is 5. The van der Waals surface area contributed by atoms with Crippen LogP contribution in [0.5, 0.6) is 0 Å². The zero-order chi connectivity index (χ0) is 53.4. The third-order valence-corrected chi connectivity index (χ3v) is 13.5. The number of nitrogens with zero attached hydrogens (tertiary/aromatic N) is 3. The minimum absolute atomic E-state index is 0.209. The fourth-order valence-corrected chi connectivity index (χ4v) is 9.83. The van der Waals surface area contributed by atoms with Crippen LogP contribution in [0.4, 0.5) is 0 Å². The van der Waals surface area contributed by atoms with E-state index < -0.39 is 156 Å². The van der Waals surface area contributed by atoms with E-state index in [1.807, 2.05) is 4.98 Å². The molecule has 3 aliphatic heterocycles. The predicted molar refractivity (Wildman–Crippen MR) is 247 cm³/mol. The summed E-state index contributed by atoms with van der Waals surface area (Å²) in [6.45, 7) is 2.62. The number of aliphatic hydroxyl groups is 3. The highest BCUT2D eigenvalue weighted by Crippen LogP contribution is 2.37. The largest absolute Gasteiger partial charge is 0.726 e. The van der Waals surface area contributed by atoms with E-state index in [0.717, 1.165) is 62.7 Å². The van der Waals surface area contributed by atoms with Gasteiger partial charge in [-0.05, 0) is 25.8 Å². The minimum Gasteiger partial charge on any atom is -0.726 e. The highest BCUT2D eigenvalue weighted by molar-refractivity contribution is 7.80. The molecule has 1 aromatic rings. The summed E-state index contributed by atoms with van der Waals surface area (Å²) in [6.07, 6.45) is -7.74. The number of nitrogens with two attached hydrogens (primary N) is 1. The van der Waals surface area contributed by atoms with E-state index in [9.17, 15) is 72.1 Å². The van der Waals surface area contributed by atoms with Crippen molar-refractivity contribution < 1.29 is 90.3 Å². The number of esters is 2. The summed E-state index contributed by atoms with van der Waals surface area (Å²) in [5.74, 6) is -6.29. The summed E-state index contributed by atoms with van der Waals surface area (Å²) in [7, 11) is -3.33. The summed E-state index contributed by atoms with van der Waals surface area (Å²) in [5.41, 5.74) is 3.77. The second kappa shape index (κ2) is 28.3. The van der Waals surface area contributed by atoms with Crippen molar-refractivity contribution in [3.8, 4) is 0 Å². The number of rotatable bonds is 30. The zero-order valence-electron chi connectivity index (χ0n) is 41.1. The van der Waals surface area contributed by atoms with Crippen molar-refractivity contribution in [3.05, 3.63) is 33.1 Å². The Kier molecular flexibility index (Phi) is 23.6. The molecule has 0 spiro atoms. The van der Waals surface area contributed by atoms with E-state index in [4.69, 9.17) is 29.4 Å². The highest BCUT2D eigenvalue weighted by Gasteiger charge is 2.57. The molecule has 1 aromatic heterocycles. The molecule has 8 N–H and O–H groups in total. The molecule has 0 aliphatic carbocycles. The van der Waals surface area contributed by atoms with Gasteiger partial charge in [0.15, 0.2) is 24.7 Å². The Balaban J connectivity index is 1.60. The molecule has 0 radical (unpaired) electrons. The van der Waals surface area contributed by atoms with Gasteiger partial charge in [-0.15, -0.1) is 0 Å². The molecular weight excluding hydrogens is 979 g/mol. The summed E-state index contributed by atoms with van der Waals surface area (Å²) in [4.78, 5) is 94.3. The van der Waals surface area contributed by atoms with E-state index in [1.54, 1.807) is 6.92 Å². The number of hydrogen-bond donors (Lipinski definition) is 7. The van der Waals surface area contributed by atoms with Crippen LogP contribution in [0.1, 0.15) is 123 Å². The molecule has 3 saturated heterocycles. The molecule has 1 amide bonds. The van der Waals surface area contributed by atoms with Crippen LogP contribution in [0.15, 0.2) is 21.9 Å². The summed E-state index contributed by atoms with van der Waals surface area (Å²) in [6, 6.07) is -2.91. The Morgan fingerprint density at radius 1 is 0.875 bits per heavy atom. The lowest BCUT2D eigenvalue weighted by atomic mass is 9.97. The molecule has 4 rings (SSSR count). The van der Waals surface area contributed by atoms with Gasteiger partial charge < -0.3 is 64.4 Å². The Morgan fingerprint density at radius 2 is 1.49 bits per heavy atom. The number of likely N-dealkylation sites (N-methyl/N-ethyl adjacent to an activating group) is 2. The number of nitrogens with one attached hydrogen (secondary N) is 1. The zero-order valence-corrected chi connectivity index (χ0v) is 41.9. The summed E-state index contributed by atoms with van der Waals surface area (Å²) in [5, 5.41) is 53.4. The number of carbonyl (C=O) groups is 5. The number of carboxylic acid groups (broad SMARTS) is 2. The molecule has 14 atom stereocenters. The summed E-state index contributed by atoms with van der Waals surface area (Å²) >= 11 is 0.